The van der Waals surface area contributed by atoms with Crippen LogP contribution in [0, 0.1) is 5.92 Å². The molecule has 3 rings (SSSR count). The van der Waals surface area contributed by atoms with Crippen molar-refractivity contribution in [2.45, 2.75) is 32.4 Å². The summed E-state index contributed by atoms with van der Waals surface area (Å²) < 4.78 is 2.28. The zero-order valence-electron chi connectivity index (χ0n) is 12.6. The second kappa shape index (κ2) is 4.90. The van der Waals surface area contributed by atoms with E-state index >= 15 is 0 Å². The molecule has 0 amide bonds. The lowest BCUT2D eigenvalue weighted by atomic mass is 9.84. The highest BCUT2D eigenvalue weighted by atomic mass is 16.3. The Bertz CT molecular complexity index is 614. The molecule has 0 bridgehead atoms. The van der Waals surface area contributed by atoms with Crippen LogP contribution in [-0.4, -0.2) is 33.3 Å². The average molecular weight is 272 g/mol. The zero-order chi connectivity index (χ0) is 14.3. The van der Waals surface area contributed by atoms with Gasteiger partial charge in [-0.1, -0.05) is 25.1 Å². The van der Waals surface area contributed by atoms with Crippen LogP contribution in [0.25, 0.3) is 10.9 Å². The van der Waals surface area contributed by atoms with Gasteiger partial charge in [0.2, 0.25) is 0 Å². The molecule has 1 saturated heterocycles. The van der Waals surface area contributed by atoms with Gasteiger partial charge in [0.1, 0.15) is 0 Å². The monoisotopic (exact) mass is 272 g/mol. The van der Waals surface area contributed by atoms with Crippen molar-refractivity contribution in [1.82, 2.24) is 9.47 Å². The van der Waals surface area contributed by atoms with E-state index in [2.05, 4.69) is 53.8 Å². The normalized spacial score (nSPS) is 28.1. The summed E-state index contributed by atoms with van der Waals surface area (Å²) in [7, 11) is 2.14. The van der Waals surface area contributed by atoms with E-state index < -0.39 is 5.60 Å². The molecule has 1 aromatic heterocycles. The van der Waals surface area contributed by atoms with Crippen LogP contribution in [0.4, 0.5) is 0 Å². The van der Waals surface area contributed by atoms with Crippen LogP contribution in [-0.2, 0) is 13.6 Å². The molecule has 20 heavy (non-hydrogen) atoms. The fraction of sp³-hybridized carbons (Fsp3) is 0.529. The first-order valence-electron chi connectivity index (χ1n) is 7.45. The van der Waals surface area contributed by atoms with E-state index in [1.54, 1.807) is 0 Å². The Hall–Kier alpha value is -1.32. The molecule has 3 nitrogen and oxygen atoms in total. The van der Waals surface area contributed by atoms with Gasteiger partial charge in [-0.3, -0.25) is 4.90 Å². The Labute approximate surface area is 120 Å². The Balaban J connectivity index is 1.79. The van der Waals surface area contributed by atoms with Crippen molar-refractivity contribution in [2.24, 2.45) is 13.0 Å². The summed E-state index contributed by atoms with van der Waals surface area (Å²) >= 11 is 0. The third-order valence-electron chi connectivity index (χ3n) is 4.96. The number of hydrogen-bond acceptors (Lipinski definition) is 2. The van der Waals surface area contributed by atoms with Crippen molar-refractivity contribution in [2.75, 3.05) is 13.1 Å². The Kier molecular flexibility index (Phi) is 3.35. The Morgan fingerprint density at radius 1 is 1.35 bits per heavy atom. The van der Waals surface area contributed by atoms with Gasteiger partial charge in [0.05, 0.1) is 5.60 Å². The third kappa shape index (κ3) is 2.36. The second-order valence-corrected chi connectivity index (χ2v) is 6.50. The quantitative estimate of drug-likeness (QED) is 0.910. The first kappa shape index (κ1) is 13.7. The predicted molar refractivity (Wildman–Crippen MR) is 82.6 cm³/mol. The molecule has 0 aliphatic carbocycles. The van der Waals surface area contributed by atoms with Gasteiger partial charge in [0.15, 0.2) is 0 Å². The molecule has 1 aromatic carbocycles. The minimum Gasteiger partial charge on any atom is -0.390 e. The van der Waals surface area contributed by atoms with Crippen LogP contribution < -0.4 is 0 Å². The number of hydrogen-bond donors (Lipinski definition) is 1. The summed E-state index contributed by atoms with van der Waals surface area (Å²) in [5, 5.41) is 11.6. The average Bonchev–Trinajstić information content (AvgIpc) is 2.72. The molecule has 3 heteroatoms. The van der Waals surface area contributed by atoms with Gasteiger partial charge in [-0.05, 0) is 36.8 Å². The lowest BCUT2D eigenvalue weighted by Crippen LogP contribution is -2.48. The third-order valence-corrected chi connectivity index (χ3v) is 4.96. The highest BCUT2D eigenvalue weighted by molar-refractivity contribution is 5.81. The lowest BCUT2D eigenvalue weighted by molar-refractivity contribution is -0.0527. The van der Waals surface area contributed by atoms with Gasteiger partial charge in [-0.2, -0.15) is 0 Å². The van der Waals surface area contributed by atoms with E-state index in [0.717, 1.165) is 26.1 Å². The maximum absolute atomic E-state index is 10.3. The summed E-state index contributed by atoms with van der Waals surface area (Å²) in [6.07, 6.45) is 0.859. The molecule has 1 aliphatic heterocycles. The maximum atomic E-state index is 10.3. The molecular weight excluding hydrogens is 248 g/mol. The molecule has 0 radical (unpaired) electrons. The molecule has 2 heterocycles. The van der Waals surface area contributed by atoms with Crippen molar-refractivity contribution in [3.05, 3.63) is 36.0 Å². The largest absolute Gasteiger partial charge is 0.390 e. The molecule has 1 fully saturated rings. The number of rotatable bonds is 2. The van der Waals surface area contributed by atoms with Crippen LogP contribution in [0.2, 0.25) is 0 Å². The number of benzene rings is 1. The fourth-order valence-electron chi connectivity index (χ4n) is 3.18. The molecule has 0 saturated carbocycles. The van der Waals surface area contributed by atoms with Crippen molar-refractivity contribution in [3.63, 3.8) is 0 Å². The first-order chi connectivity index (χ1) is 9.47. The highest BCUT2D eigenvalue weighted by Crippen LogP contribution is 2.28. The lowest BCUT2D eigenvalue weighted by Gasteiger charge is -2.41. The van der Waals surface area contributed by atoms with Crippen LogP contribution in [0.1, 0.15) is 26.0 Å². The van der Waals surface area contributed by atoms with Gasteiger partial charge in [0, 0.05) is 37.9 Å². The number of para-hydroxylation sites is 1. The van der Waals surface area contributed by atoms with Crippen molar-refractivity contribution in [1.29, 1.82) is 0 Å². The minimum absolute atomic E-state index is 0.325. The standard InChI is InChI=1S/C17H24N2O/c1-13-11-19(9-8-17(13,2)20)12-15-10-14-6-4-5-7-16(14)18(15)3/h4-7,10,13,20H,8-9,11-12H2,1-3H3/t13-,17+/m1/s1. The summed E-state index contributed by atoms with van der Waals surface area (Å²) in [6, 6.07) is 10.8. The zero-order valence-corrected chi connectivity index (χ0v) is 12.6. The van der Waals surface area contributed by atoms with Gasteiger partial charge in [-0.15, -0.1) is 0 Å². The smallest absolute Gasteiger partial charge is 0.0669 e. The first-order valence-corrected chi connectivity index (χ1v) is 7.45. The summed E-state index contributed by atoms with van der Waals surface area (Å²) in [6.45, 7) is 7.01. The molecule has 0 unspecified atom stereocenters. The molecule has 2 atom stereocenters. The second-order valence-electron chi connectivity index (χ2n) is 6.50. The number of likely N-dealkylation sites (tertiary alicyclic amines) is 1. The molecule has 2 aromatic rings. The van der Waals surface area contributed by atoms with Crippen LogP contribution in [0.3, 0.4) is 0 Å². The van der Waals surface area contributed by atoms with E-state index in [9.17, 15) is 5.11 Å². The van der Waals surface area contributed by atoms with Crippen LogP contribution in [0.15, 0.2) is 30.3 Å². The molecular formula is C17H24N2O. The highest BCUT2D eigenvalue weighted by Gasteiger charge is 2.34. The van der Waals surface area contributed by atoms with Gasteiger partial charge in [0.25, 0.3) is 0 Å². The number of aromatic nitrogens is 1. The van der Waals surface area contributed by atoms with Gasteiger partial charge < -0.3 is 9.67 Å². The fourth-order valence-corrected chi connectivity index (χ4v) is 3.18. The number of fused-ring (bicyclic) bond motifs is 1. The summed E-state index contributed by atoms with van der Waals surface area (Å²) in [5.74, 6) is 0.325. The molecule has 1 N–H and O–H groups in total. The number of aryl methyl sites for hydroxylation is 1. The van der Waals surface area contributed by atoms with Crippen molar-refractivity contribution < 1.29 is 5.11 Å². The topological polar surface area (TPSA) is 28.4 Å². The molecule has 0 spiro atoms. The van der Waals surface area contributed by atoms with Gasteiger partial charge >= 0.3 is 0 Å². The SMILES string of the molecule is C[C@@H]1CN(Cc2cc3ccccc3n2C)CC[C@]1(C)O. The minimum atomic E-state index is -0.505. The van der Waals surface area contributed by atoms with E-state index in [1.165, 1.54) is 16.6 Å². The van der Waals surface area contributed by atoms with Crippen LogP contribution in [0.5, 0.6) is 0 Å². The van der Waals surface area contributed by atoms with Crippen molar-refractivity contribution >= 4 is 10.9 Å². The number of piperidine rings is 1. The van der Waals surface area contributed by atoms with E-state index in [-0.39, 0.29) is 0 Å². The van der Waals surface area contributed by atoms with Gasteiger partial charge in [-0.25, -0.2) is 0 Å². The Morgan fingerprint density at radius 2 is 2.10 bits per heavy atom. The summed E-state index contributed by atoms with van der Waals surface area (Å²) in [5.41, 5.74) is 2.13. The number of nitrogens with zero attached hydrogens (tertiary/aromatic N) is 2. The molecule has 1 aliphatic rings. The van der Waals surface area contributed by atoms with Crippen molar-refractivity contribution in [3.8, 4) is 0 Å². The maximum Gasteiger partial charge on any atom is 0.0669 e. The summed E-state index contributed by atoms with van der Waals surface area (Å²) in [4.78, 5) is 2.46. The molecule has 108 valence electrons. The van der Waals surface area contributed by atoms with E-state index in [1.807, 2.05) is 6.92 Å². The number of aliphatic hydroxyl groups is 1. The predicted octanol–water partition coefficient (Wildman–Crippen LogP) is 2.77. The van der Waals surface area contributed by atoms with E-state index in [4.69, 9.17) is 0 Å². The Morgan fingerprint density at radius 3 is 2.80 bits per heavy atom. The van der Waals surface area contributed by atoms with Crippen LogP contribution >= 0.6 is 0 Å². The van der Waals surface area contributed by atoms with E-state index in [0.29, 0.717) is 5.92 Å².